The van der Waals surface area contributed by atoms with Crippen molar-refractivity contribution in [3.8, 4) is 11.1 Å². The number of aryl methyl sites for hydroxylation is 1. The standard InChI is InChI=1S/C15H14.FH/c1-10-7-8-14-13-6-4-3-5-12(13)9-15(14)11(10)2;/h3-8H,9H2,1-2H3;1H. The minimum Gasteiger partial charge on any atom is -0.269 e. The van der Waals surface area contributed by atoms with Crippen molar-refractivity contribution in [2.45, 2.75) is 20.3 Å². The van der Waals surface area contributed by atoms with E-state index in [0.29, 0.717) is 0 Å². The molecule has 1 aliphatic carbocycles. The Balaban J connectivity index is 0.000000963. The molecule has 0 fully saturated rings. The van der Waals surface area contributed by atoms with Gasteiger partial charge in [-0.25, -0.2) is 0 Å². The third kappa shape index (κ3) is 1.35. The quantitative estimate of drug-likeness (QED) is 0.530. The molecule has 0 atom stereocenters. The lowest BCUT2D eigenvalue weighted by molar-refractivity contribution is 1.11. The van der Waals surface area contributed by atoms with Crippen molar-refractivity contribution in [3.63, 3.8) is 0 Å². The smallest absolute Gasteiger partial charge is 0.00107 e. The molecular weight excluding hydrogens is 199 g/mol. The van der Waals surface area contributed by atoms with E-state index in [1.165, 1.54) is 33.4 Å². The predicted molar refractivity (Wildman–Crippen MR) is 66.7 cm³/mol. The van der Waals surface area contributed by atoms with Crippen molar-refractivity contribution >= 4 is 0 Å². The highest BCUT2D eigenvalue weighted by molar-refractivity contribution is 5.78. The minimum absolute atomic E-state index is 0. The largest absolute Gasteiger partial charge is 0.269 e. The summed E-state index contributed by atoms with van der Waals surface area (Å²) in [4.78, 5) is 0. The van der Waals surface area contributed by atoms with Crippen LogP contribution in [0.5, 0.6) is 0 Å². The Morgan fingerprint density at radius 1 is 0.875 bits per heavy atom. The third-order valence-electron chi connectivity index (χ3n) is 3.54. The lowest BCUT2D eigenvalue weighted by atomic mass is 9.98. The zero-order valence-corrected chi connectivity index (χ0v) is 9.58. The number of benzene rings is 2. The first-order chi connectivity index (χ1) is 7.27. The molecule has 16 heavy (non-hydrogen) atoms. The highest BCUT2D eigenvalue weighted by Crippen LogP contribution is 2.38. The SMILES string of the molecule is Cc1ccc2c(c1C)Cc1ccccc1-2.F. The summed E-state index contributed by atoms with van der Waals surface area (Å²) in [6, 6.07) is 13.2. The maximum absolute atomic E-state index is 2.27. The molecule has 0 aliphatic heterocycles. The maximum Gasteiger partial charge on any atom is -0.00107 e. The molecule has 82 valence electrons. The predicted octanol–water partition coefficient (Wildman–Crippen LogP) is 4.03. The third-order valence-corrected chi connectivity index (χ3v) is 3.54. The van der Waals surface area contributed by atoms with E-state index >= 15 is 0 Å². The normalized spacial score (nSPS) is 11.6. The molecule has 0 nitrogen and oxygen atoms in total. The van der Waals surface area contributed by atoms with Gasteiger partial charge in [0.15, 0.2) is 0 Å². The van der Waals surface area contributed by atoms with Crippen LogP contribution in [0.4, 0.5) is 4.70 Å². The van der Waals surface area contributed by atoms with Gasteiger partial charge < -0.3 is 0 Å². The van der Waals surface area contributed by atoms with Gasteiger partial charge in [0, 0.05) is 0 Å². The van der Waals surface area contributed by atoms with Crippen LogP contribution in [0, 0.1) is 13.8 Å². The summed E-state index contributed by atoms with van der Waals surface area (Å²) >= 11 is 0. The average Bonchev–Trinajstić information content (AvgIpc) is 2.63. The fourth-order valence-electron chi connectivity index (χ4n) is 2.48. The second kappa shape index (κ2) is 3.75. The molecule has 0 spiro atoms. The highest BCUT2D eigenvalue weighted by atomic mass is 19.0. The molecule has 0 N–H and O–H groups in total. The summed E-state index contributed by atoms with van der Waals surface area (Å²) in [5.41, 5.74) is 8.73. The van der Waals surface area contributed by atoms with Crippen molar-refractivity contribution < 1.29 is 4.70 Å². The number of halogens is 1. The van der Waals surface area contributed by atoms with Gasteiger partial charge in [0.25, 0.3) is 0 Å². The van der Waals surface area contributed by atoms with E-state index in [1.807, 2.05) is 0 Å². The molecule has 1 aliphatic rings. The van der Waals surface area contributed by atoms with Crippen molar-refractivity contribution in [2.75, 3.05) is 0 Å². The van der Waals surface area contributed by atoms with Crippen LogP contribution >= 0.6 is 0 Å². The Labute approximate surface area is 95.3 Å². The summed E-state index contributed by atoms with van der Waals surface area (Å²) in [7, 11) is 0. The summed E-state index contributed by atoms with van der Waals surface area (Å²) in [5, 5.41) is 0. The number of fused-ring (bicyclic) bond motifs is 3. The maximum atomic E-state index is 2.27. The fraction of sp³-hybridized carbons (Fsp3) is 0.200. The first-order valence-electron chi connectivity index (χ1n) is 5.45. The van der Waals surface area contributed by atoms with E-state index in [9.17, 15) is 0 Å². The molecule has 0 radical (unpaired) electrons. The van der Waals surface area contributed by atoms with Crippen LogP contribution in [0.25, 0.3) is 11.1 Å². The van der Waals surface area contributed by atoms with Gasteiger partial charge in [-0.15, -0.1) is 0 Å². The number of hydrogen-bond donors (Lipinski definition) is 0. The highest BCUT2D eigenvalue weighted by Gasteiger charge is 2.19. The summed E-state index contributed by atoms with van der Waals surface area (Å²) in [6.07, 6.45) is 1.11. The summed E-state index contributed by atoms with van der Waals surface area (Å²) < 4.78 is 0. The van der Waals surface area contributed by atoms with E-state index in [1.54, 1.807) is 0 Å². The molecular formula is C15H15F. The minimum atomic E-state index is 0. The Kier molecular flexibility index (Phi) is 2.55. The molecule has 2 aromatic carbocycles. The number of hydrogen-bond acceptors (Lipinski definition) is 0. The Morgan fingerprint density at radius 2 is 1.62 bits per heavy atom. The summed E-state index contributed by atoms with van der Waals surface area (Å²) in [6.45, 7) is 4.43. The van der Waals surface area contributed by atoms with E-state index in [2.05, 4.69) is 50.2 Å². The van der Waals surface area contributed by atoms with Crippen LogP contribution in [0.1, 0.15) is 22.3 Å². The van der Waals surface area contributed by atoms with Crippen LogP contribution in [0.3, 0.4) is 0 Å². The van der Waals surface area contributed by atoms with Crippen molar-refractivity contribution in [1.29, 1.82) is 0 Å². The van der Waals surface area contributed by atoms with Gasteiger partial charge in [-0.1, -0.05) is 36.4 Å². The van der Waals surface area contributed by atoms with Crippen molar-refractivity contribution in [3.05, 3.63) is 58.7 Å². The number of rotatable bonds is 0. The van der Waals surface area contributed by atoms with Crippen LogP contribution in [0.15, 0.2) is 36.4 Å². The van der Waals surface area contributed by atoms with Gasteiger partial charge in [-0.05, 0) is 53.6 Å². The van der Waals surface area contributed by atoms with Gasteiger partial charge in [-0.2, -0.15) is 0 Å². The van der Waals surface area contributed by atoms with Crippen molar-refractivity contribution in [2.24, 2.45) is 0 Å². The molecule has 1 heteroatoms. The van der Waals surface area contributed by atoms with E-state index in [4.69, 9.17) is 0 Å². The zero-order chi connectivity index (χ0) is 10.4. The van der Waals surface area contributed by atoms with E-state index in [0.717, 1.165) is 6.42 Å². The summed E-state index contributed by atoms with van der Waals surface area (Å²) in [5.74, 6) is 0. The van der Waals surface area contributed by atoms with Crippen LogP contribution in [0.2, 0.25) is 0 Å². The molecule has 0 amide bonds. The molecule has 2 aromatic rings. The molecule has 0 saturated heterocycles. The second-order valence-corrected chi connectivity index (χ2v) is 4.37. The van der Waals surface area contributed by atoms with Crippen LogP contribution in [-0.4, -0.2) is 0 Å². The fourth-order valence-corrected chi connectivity index (χ4v) is 2.48. The lowest BCUT2D eigenvalue weighted by Crippen LogP contribution is -1.89. The van der Waals surface area contributed by atoms with Crippen molar-refractivity contribution in [1.82, 2.24) is 0 Å². The molecule has 0 unspecified atom stereocenters. The molecule has 0 heterocycles. The molecule has 0 saturated carbocycles. The van der Waals surface area contributed by atoms with Gasteiger partial charge >= 0.3 is 0 Å². The molecule has 0 bridgehead atoms. The van der Waals surface area contributed by atoms with Crippen LogP contribution < -0.4 is 0 Å². The van der Waals surface area contributed by atoms with Gasteiger partial charge in [-0.3, -0.25) is 4.70 Å². The topological polar surface area (TPSA) is 0 Å². The first-order valence-corrected chi connectivity index (χ1v) is 5.45. The van der Waals surface area contributed by atoms with E-state index < -0.39 is 0 Å². The first kappa shape index (κ1) is 10.9. The van der Waals surface area contributed by atoms with Gasteiger partial charge in [0.05, 0.1) is 0 Å². The second-order valence-electron chi connectivity index (χ2n) is 4.37. The average molecular weight is 214 g/mol. The zero-order valence-electron chi connectivity index (χ0n) is 9.58. The van der Waals surface area contributed by atoms with Crippen LogP contribution in [-0.2, 0) is 6.42 Å². The Morgan fingerprint density at radius 3 is 2.44 bits per heavy atom. The van der Waals surface area contributed by atoms with Gasteiger partial charge in [0.2, 0.25) is 0 Å². The molecule has 0 aromatic heterocycles. The molecule has 3 rings (SSSR count). The Bertz CT molecular complexity index is 541. The van der Waals surface area contributed by atoms with E-state index in [-0.39, 0.29) is 4.70 Å². The van der Waals surface area contributed by atoms with Gasteiger partial charge in [0.1, 0.15) is 0 Å². The monoisotopic (exact) mass is 214 g/mol. The Hall–Kier alpha value is -1.63. The lowest BCUT2D eigenvalue weighted by Gasteiger charge is -2.06.